The molecular weight excluding hydrogens is 369 g/mol. The van der Waals surface area contributed by atoms with Gasteiger partial charge in [-0.2, -0.15) is 0 Å². The van der Waals surface area contributed by atoms with Crippen molar-refractivity contribution in [3.8, 4) is 0 Å². The zero-order valence-corrected chi connectivity index (χ0v) is 10.9. The fourth-order valence-electron chi connectivity index (χ4n) is 0.765. The lowest BCUT2D eigenvalue weighted by Gasteiger charge is -2.04. The topological polar surface area (TPSA) is 34.1 Å². The maximum absolute atomic E-state index is 13.0. The molecule has 0 aliphatic rings. The predicted octanol–water partition coefficient (Wildman–Crippen LogP) is 3.42. The van der Waals surface area contributed by atoms with Crippen LogP contribution in [0.2, 0.25) is 0 Å². The minimum absolute atomic E-state index is 0.0654. The molecule has 0 aliphatic heterocycles. The van der Waals surface area contributed by atoms with Crippen molar-refractivity contribution in [2.75, 3.05) is 0 Å². The minimum atomic E-state index is -4.33. The van der Waals surface area contributed by atoms with E-state index in [0.29, 0.717) is 0 Å². The van der Waals surface area contributed by atoms with Gasteiger partial charge in [0.1, 0.15) is 4.90 Å². The van der Waals surface area contributed by atoms with E-state index in [0.717, 1.165) is 6.07 Å². The Bertz CT molecular complexity index is 463. The number of benzene rings is 1. The summed E-state index contributed by atoms with van der Waals surface area (Å²) in [5.74, 6) is -2.80. The van der Waals surface area contributed by atoms with Crippen molar-refractivity contribution in [3.05, 3.63) is 26.6 Å². The van der Waals surface area contributed by atoms with E-state index in [9.17, 15) is 17.2 Å². The molecule has 0 N–H and O–H groups in total. The van der Waals surface area contributed by atoms with E-state index in [1.165, 1.54) is 0 Å². The van der Waals surface area contributed by atoms with E-state index < -0.39 is 25.6 Å². The number of rotatable bonds is 1. The smallest absolute Gasteiger partial charge is 0.207 e. The molecule has 0 aliphatic carbocycles. The Morgan fingerprint density at radius 3 is 2.21 bits per heavy atom. The van der Waals surface area contributed by atoms with Crippen LogP contribution in [0.15, 0.2) is 19.9 Å². The molecule has 0 spiro atoms. The summed E-state index contributed by atoms with van der Waals surface area (Å²) in [5.41, 5.74) is 0. The first kappa shape index (κ1) is 12.4. The normalized spacial score (nSPS) is 11.8. The van der Waals surface area contributed by atoms with Gasteiger partial charge >= 0.3 is 0 Å². The van der Waals surface area contributed by atoms with Gasteiger partial charge in [0.25, 0.3) is 9.05 Å². The molecule has 0 heterocycles. The van der Waals surface area contributed by atoms with Crippen molar-refractivity contribution in [1.82, 2.24) is 0 Å². The van der Waals surface area contributed by atoms with Crippen LogP contribution >= 0.6 is 42.5 Å². The van der Waals surface area contributed by atoms with Crippen molar-refractivity contribution in [3.63, 3.8) is 0 Å². The van der Waals surface area contributed by atoms with Gasteiger partial charge in [-0.3, -0.25) is 0 Å². The van der Waals surface area contributed by atoms with E-state index >= 15 is 0 Å². The highest BCUT2D eigenvalue weighted by Gasteiger charge is 2.25. The van der Waals surface area contributed by atoms with E-state index in [4.69, 9.17) is 10.7 Å². The molecule has 78 valence electrons. The Hall–Kier alpha value is 0.280. The van der Waals surface area contributed by atoms with E-state index in [2.05, 4.69) is 31.9 Å². The van der Waals surface area contributed by atoms with Crippen molar-refractivity contribution < 1.29 is 17.2 Å². The Morgan fingerprint density at radius 2 is 1.79 bits per heavy atom. The van der Waals surface area contributed by atoms with Crippen molar-refractivity contribution in [2.45, 2.75) is 4.90 Å². The van der Waals surface area contributed by atoms with Gasteiger partial charge in [-0.15, -0.1) is 0 Å². The van der Waals surface area contributed by atoms with Crippen LogP contribution in [0.3, 0.4) is 0 Å². The maximum atomic E-state index is 13.0. The first-order chi connectivity index (χ1) is 6.25. The van der Waals surface area contributed by atoms with Crippen LogP contribution in [0.4, 0.5) is 8.78 Å². The number of halogens is 5. The predicted molar refractivity (Wildman–Crippen MR) is 54.8 cm³/mol. The molecule has 1 aromatic carbocycles. The quantitative estimate of drug-likeness (QED) is 0.561. The third-order valence-corrected chi connectivity index (χ3v) is 4.89. The zero-order valence-electron chi connectivity index (χ0n) is 6.19. The van der Waals surface area contributed by atoms with Crippen LogP contribution in [0.1, 0.15) is 0 Å². The Balaban J connectivity index is 3.74. The van der Waals surface area contributed by atoms with Gasteiger partial charge < -0.3 is 0 Å². The SMILES string of the molecule is O=S(=O)(Cl)c1c(F)c(F)cc(Br)c1Br. The van der Waals surface area contributed by atoms with Crippen molar-refractivity contribution >= 4 is 51.6 Å². The molecule has 1 rings (SSSR count). The molecule has 0 bridgehead atoms. The van der Waals surface area contributed by atoms with Crippen LogP contribution in [-0.2, 0) is 9.05 Å². The molecule has 0 fully saturated rings. The van der Waals surface area contributed by atoms with Gasteiger partial charge in [-0.05, 0) is 37.9 Å². The molecule has 2 nitrogen and oxygen atoms in total. The molecule has 0 atom stereocenters. The lowest BCUT2D eigenvalue weighted by Crippen LogP contribution is -2.00. The lowest BCUT2D eigenvalue weighted by molar-refractivity contribution is 0.484. The molecule has 0 amide bonds. The minimum Gasteiger partial charge on any atom is -0.207 e. The zero-order chi connectivity index (χ0) is 11.1. The summed E-state index contributed by atoms with van der Waals surface area (Å²) in [5, 5.41) is 0. The summed E-state index contributed by atoms with van der Waals surface area (Å²) < 4.78 is 47.5. The van der Waals surface area contributed by atoms with Crippen molar-refractivity contribution in [1.29, 1.82) is 0 Å². The number of hydrogen-bond acceptors (Lipinski definition) is 2. The first-order valence-corrected chi connectivity index (χ1v) is 6.92. The van der Waals surface area contributed by atoms with Gasteiger partial charge in [0.05, 0.1) is 4.47 Å². The summed E-state index contributed by atoms with van der Waals surface area (Å²) >= 11 is 5.63. The Kier molecular flexibility index (Phi) is 3.56. The molecule has 1 aromatic rings. The summed E-state index contributed by atoms with van der Waals surface area (Å²) in [6.07, 6.45) is 0. The highest BCUT2D eigenvalue weighted by molar-refractivity contribution is 9.13. The summed E-state index contributed by atoms with van der Waals surface area (Å²) in [6.45, 7) is 0. The number of hydrogen-bond donors (Lipinski definition) is 0. The summed E-state index contributed by atoms with van der Waals surface area (Å²) in [6, 6.07) is 0.797. The molecule has 0 saturated carbocycles. The second-order valence-corrected chi connectivity index (χ2v) is 6.39. The second kappa shape index (κ2) is 4.03. The van der Waals surface area contributed by atoms with E-state index in [-0.39, 0.29) is 8.95 Å². The Labute approximate surface area is 99.9 Å². The van der Waals surface area contributed by atoms with Gasteiger partial charge in [-0.25, -0.2) is 17.2 Å². The highest BCUT2D eigenvalue weighted by Crippen LogP contribution is 2.35. The molecule has 14 heavy (non-hydrogen) atoms. The summed E-state index contributed by atoms with van der Waals surface area (Å²) in [7, 11) is 0.599. The average Bonchev–Trinajstić information content (AvgIpc) is 1.98. The highest BCUT2D eigenvalue weighted by atomic mass is 79.9. The molecule has 0 saturated heterocycles. The van der Waals surface area contributed by atoms with Gasteiger partial charge in [0.2, 0.25) is 0 Å². The molecular formula is C6HBr2ClF2O2S. The Morgan fingerprint density at radius 1 is 1.29 bits per heavy atom. The monoisotopic (exact) mass is 368 g/mol. The fraction of sp³-hybridized carbons (Fsp3) is 0. The molecule has 0 radical (unpaired) electrons. The summed E-state index contributed by atoms with van der Waals surface area (Å²) in [4.78, 5) is -0.911. The van der Waals surface area contributed by atoms with Crippen molar-refractivity contribution in [2.24, 2.45) is 0 Å². The standard InChI is InChI=1S/C6HBr2ClF2O2S/c7-2-1-3(10)5(11)6(4(2)8)14(9,12)13/h1H. The van der Waals surface area contributed by atoms with Gasteiger partial charge in [0, 0.05) is 15.2 Å². The molecule has 8 heteroatoms. The average molecular weight is 370 g/mol. The van der Waals surface area contributed by atoms with Crippen LogP contribution in [0, 0.1) is 11.6 Å². The van der Waals surface area contributed by atoms with Gasteiger partial charge in [-0.1, -0.05) is 0 Å². The largest absolute Gasteiger partial charge is 0.265 e. The van der Waals surface area contributed by atoms with Crippen LogP contribution < -0.4 is 0 Å². The third-order valence-electron chi connectivity index (χ3n) is 1.32. The lowest BCUT2D eigenvalue weighted by atomic mass is 10.3. The second-order valence-electron chi connectivity index (χ2n) is 2.24. The van der Waals surface area contributed by atoms with Crippen LogP contribution in [0.5, 0.6) is 0 Å². The molecule has 0 aromatic heterocycles. The van der Waals surface area contributed by atoms with Crippen LogP contribution in [-0.4, -0.2) is 8.42 Å². The molecule has 0 unspecified atom stereocenters. The first-order valence-electron chi connectivity index (χ1n) is 3.03. The van der Waals surface area contributed by atoms with Gasteiger partial charge in [0.15, 0.2) is 11.6 Å². The third kappa shape index (κ3) is 2.26. The van der Waals surface area contributed by atoms with E-state index in [1.807, 2.05) is 0 Å². The van der Waals surface area contributed by atoms with Crippen LogP contribution in [0.25, 0.3) is 0 Å². The van der Waals surface area contributed by atoms with E-state index in [1.54, 1.807) is 0 Å². The maximum Gasteiger partial charge on any atom is 0.265 e. The fourth-order valence-corrected chi connectivity index (χ4v) is 3.57.